The molecule has 2 atom stereocenters. The van der Waals surface area contributed by atoms with Gasteiger partial charge in [-0.1, -0.05) is 35.9 Å². The molecule has 1 aromatic carbocycles. The highest BCUT2D eigenvalue weighted by Gasteiger charge is 2.36. The molecule has 4 rings (SSSR count). The van der Waals surface area contributed by atoms with Gasteiger partial charge in [0.25, 0.3) is 5.91 Å². The van der Waals surface area contributed by atoms with Crippen LogP contribution >= 0.6 is 0 Å². The van der Waals surface area contributed by atoms with Crippen LogP contribution in [0, 0.1) is 5.92 Å². The molecule has 1 aliphatic carbocycles. The number of nitrogens with one attached hydrogen (secondary N) is 2. The average Bonchev–Trinajstić information content (AvgIpc) is 2.87. The summed E-state index contributed by atoms with van der Waals surface area (Å²) in [6, 6.07) is 9.41. The molecule has 1 amide bonds. The predicted octanol–water partition coefficient (Wildman–Crippen LogP) is 2.63. The molecule has 5 nitrogen and oxygen atoms in total. The van der Waals surface area contributed by atoms with Crippen LogP contribution in [0.25, 0.3) is 10.9 Å². The molecule has 2 unspecified atom stereocenters. The van der Waals surface area contributed by atoms with Gasteiger partial charge in [-0.05, 0) is 25.1 Å². The molecule has 0 saturated heterocycles. The number of benzene rings is 1. The summed E-state index contributed by atoms with van der Waals surface area (Å²) < 4.78 is 0. The summed E-state index contributed by atoms with van der Waals surface area (Å²) >= 11 is 0. The zero-order valence-corrected chi connectivity index (χ0v) is 12.7. The second kappa shape index (κ2) is 5.44. The first-order valence-electron chi connectivity index (χ1n) is 7.56. The van der Waals surface area contributed by atoms with Gasteiger partial charge < -0.3 is 5.43 Å². The van der Waals surface area contributed by atoms with Crippen LogP contribution in [0.2, 0.25) is 0 Å². The van der Waals surface area contributed by atoms with Crippen molar-refractivity contribution in [1.29, 1.82) is 0 Å². The van der Waals surface area contributed by atoms with E-state index in [9.17, 15) is 4.79 Å². The zero-order valence-electron chi connectivity index (χ0n) is 12.7. The number of hydrogen-bond acceptors (Lipinski definition) is 4. The first kappa shape index (κ1) is 13.8. The maximum absolute atomic E-state index is 12.2. The standard InChI is InChI=1S/C18H16N4O/c1-11-7-8-14-13(10-11)17(18(23)20-14)22-21-15-6-2-4-12-5-3-9-19-16(12)15/h2-10,13,17,21-22H,1H3. The Morgan fingerprint density at radius 3 is 2.91 bits per heavy atom. The fraction of sp³-hybridized carbons (Fsp3) is 0.167. The predicted molar refractivity (Wildman–Crippen MR) is 91.1 cm³/mol. The number of nitrogens with zero attached hydrogens (tertiary/aromatic N) is 2. The second-order valence-corrected chi connectivity index (χ2v) is 5.77. The lowest BCUT2D eigenvalue weighted by atomic mass is 9.91. The molecule has 114 valence electrons. The Morgan fingerprint density at radius 1 is 1.13 bits per heavy atom. The molecule has 0 spiro atoms. The van der Waals surface area contributed by atoms with Gasteiger partial charge in [-0.3, -0.25) is 9.78 Å². The van der Waals surface area contributed by atoms with Crippen LogP contribution in [0.15, 0.2) is 65.3 Å². The summed E-state index contributed by atoms with van der Waals surface area (Å²) in [4.78, 5) is 20.7. The minimum Gasteiger partial charge on any atom is -0.319 e. The Morgan fingerprint density at radius 2 is 2.00 bits per heavy atom. The topological polar surface area (TPSA) is 66.4 Å². The quantitative estimate of drug-likeness (QED) is 0.856. The maximum Gasteiger partial charge on any atom is 0.265 e. The van der Waals surface area contributed by atoms with E-state index in [0.717, 1.165) is 27.9 Å². The van der Waals surface area contributed by atoms with Crippen molar-refractivity contribution in [1.82, 2.24) is 10.4 Å². The van der Waals surface area contributed by atoms with E-state index in [1.165, 1.54) is 0 Å². The number of hydrazine groups is 1. The fourth-order valence-corrected chi connectivity index (χ4v) is 2.99. The number of aromatic nitrogens is 1. The normalized spacial score (nSPS) is 22.7. The number of allylic oxidation sites excluding steroid dienone is 3. The summed E-state index contributed by atoms with van der Waals surface area (Å²) in [5.74, 6) is -0.177. The van der Waals surface area contributed by atoms with Gasteiger partial charge in [-0.2, -0.15) is 0 Å². The van der Waals surface area contributed by atoms with Crippen molar-refractivity contribution in [3.05, 3.63) is 60.3 Å². The van der Waals surface area contributed by atoms with E-state index in [1.807, 2.05) is 49.4 Å². The number of carbonyl (C=O) groups excluding carboxylic acids is 1. The van der Waals surface area contributed by atoms with Gasteiger partial charge in [0.2, 0.25) is 0 Å². The van der Waals surface area contributed by atoms with Crippen molar-refractivity contribution in [2.75, 3.05) is 5.43 Å². The van der Waals surface area contributed by atoms with Gasteiger partial charge in [-0.25, -0.2) is 10.4 Å². The number of para-hydroxylation sites is 1. The monoisotopic (exact) mass is 304 g/mol. The van der Waals surface area contributed by atoms with Gasteiger partial charge in [0.15, 0.2) is 0 Å². The third-order valence-corrected chi connectivity index (χ3v) is 4.16. The minimum atomic E-state index is -0.399. The van der Waals surface area contributed by atoms with Crippen molar-refractivity contribution in [3.8, 4) is 0 Å². The largest absolute Gasteiger partial charge is 0.319 e. The molecule has 1 aliphatic heterocycles. The first-order chi connectivity index (χ1) is 11.2. The van der Waals surface area contributed by atoms with E-state index in [0.29, 0.717) is 0 Å². The Hall–Kier alpha value is -2.79. The summed E-state index contributed by atoms with van der Waals surface area (Å²) in [6.07, 6.45) is 7.73. The van der Waals surface area contributed by atoms with Crippen LogP contribution in [-0.2, 0) is 4.79 Å². The highest BCUT2D eigenvalue weighted by molar-refractivity contribution is 6.14. The summed E-state index contributed by atoms with van der Waals surface area (Å²) in [5.41, 5.74) is 9.94. The molecule has 1 aromatic heterocycles. The van der Waals surface area contributed by atoms with Crippen LogP contribution in [0.4, 0.5) is 5.69 Å². The smallest absolute Gasteiger partial charge is 0.265 e. The number of amides is 1. The number of rotatable bonds is 3. The van der Waals surface area contributed by atoms with Gasteiger partial charge in [0.1, 0.15) is 6.04 Å². The number of carbonyl (C=O) groups is 1. The third kappa shape index (κ3) is 2.45. The molecular weight excluding hydrogens is 288 g/mol. The lowest BCUT2D eigenvalue weighted by Crippen LogP contribution is -2.43. The molecule has 5 heteroatoms. The average molecular weight is 304 g/mol. The number of anilines is 1. The van der Waals surface area contributed by atoms with E-state index in [1.54, 1.807) is 6.20 Å². The third-order valence-electron chi connectivity index (χ3n) is 4.16. The molecule has 2 heterocycles. The van der Waals surface area contributed by atoms with Crippen molar-refractivity contribution in [2.24, 2.45) is 10.9 Å². The number of aliphatic imine (C=N–C) groups is 1. The van der Waals surface area contributed by atoms with E-state index >= 15 is 0 Å². The highest BCUT2D eigenvalue weighted by Crippen LogP contribution is 2.25. The lowest BCUT2D eigenvalue weighted by molar-refractivity contribution is -0.119. The highest BCUT2D eigenvalue weighted by atomic mass is 16.2. The number of fused-ring (bicyclic) bond motifs is 2. The van der Waals surface area contributed by atoms with Crippen molar-refractivity contribution in [2.45, 2.75) is 13.0 Å². The van der Waals surface area contributed by atoms with Crippen LogP contribution in [0.5, 0.6) is 0 Å². The molecule has 0 fully saturated rings. The van der Waals surface area contributed by atoms with Crippen LogP contribution in [0.1, 0.15) is 6.92 Å². The van der Waals surface area contributed by atoms with Crippen molar-refractivity contribution in [3.63, 3.8) is 0 Å². The summed E-state index contributed by atoms with van der Waals surface area (Å²) in [7, 11) is 0. The van der Waals surface area contributed by atoms with Crippen LogP contribution < -0.4 is 10.9 Å². The van der Waals surface area contributed by atoms with E-state index < -0.39 is 6.04 Å². The summed E-state index contributed by atoms with van der Waals surface area (Å²) in [5, 5.41) is 1.05. The van der Waals surface area contributed by atoms with E-state index in [2.05, 4.69) is 26.9 Å². The van der Waals surface area contributed by atoms with Crippen molar-refractivity contribution >= 4 is 28.2 Å². The number of pyridine rings is 1. The van der Waals surface area contributed by atoms with Crippen LogP contribution in [0.3, 0.4) is 0 Å². The molecule has 0 saturated carbocycles. The fourth-order valence-electron chi connectivity index (χ4n) is 2.99. The second-order valence-electron chi connectivity index (χ2n) is 5.77. The van der Waals surface area contributed by atoms with Gasteiger partial charge in [-0.15, -0.1) is 0 Å². The Kier molecular flexibility index (Phi) is 3.28. The van der Waals surface area contributed by atoms with Crippen molar-refractivity contribution < 1.29 is 4.79 Å². The molecule has 2 aliphatic rings. The summed E-state index contributed by atoms with van der Waals surface area (Å²) in [6.45, 7) is 2.02. The Labute approximate surface area is 133 Å². The number of hydrogen-bond donors (Lipinski definition) is 2. The molecular formula is C18H16N4O. The van der Waals surface area contributed by atoms with Gasteiger partial charge in [0.05, 0.1) is 16.9 Å². The van der Waals surface area contributed by atoms with Gasteiger partial charge >= 0.3 is 0 Å². The molecule has 0 bridgehead atoms. The molecule has 0 radical (unpaired) electrons. The van der Waals surface area contributed by atoms with Gasteiger partial charge in [0, 0.05) is 17.5 Å². The Balaban J connectivity index is 1.57. The molecule has 2 aromatic rings. The van der Waals surface area contributed by atoms with Crippen LogP contribution in [-0.4, -0.2) is 22.6 Å². The first-order valence-corrected chi connectivity index (χ1v) is 7.56. The molecule has 23 heavy (non-hydrogen) atoms. The Bertz CT molecular complexity index is 876. The molecule has 2 N–H and O–H groups in total. The SMILES string of the molecule is CC1=CC2C(=NC(=O)C2NNc2cccc3cccnc23)C=C1. The maximum atomic E-state index is 12.2. The zero-order chi connectivity index (χ0) is 15.8. The van der Waals surface area contributed by atoms with E-state index in [4.69, 9.17) is 0 Å². The lowest BCUT2D eigenvalue weighted by Gasteiger charge is -2.21. The minimum absolute atomic E-state index is 0.0251. The van der Waals surface area contributed by atoms with E-state index in [-0.39, 0.29) is 11.8 Å².